The first-order chi connectivity index (χ1) is 33.7. The van der Waals surface area contributed by atoms with Gasteiger partial charge in [0.05, 0.1) is 115 Å². The molecule has 0 amide bonds. The predicted octanol–water partition coefficient (Wildman–Crippen LogP) is 9.65. The number of fused-ring (bicyclic) bond motifs is 8. The van der Waals surface area contributed by atoms with Crippen LogP contribution in [0.1, 0.15) is 22.8 Å². The van der Waals surface area contributed by atoms with Gasteiger partial charge in [-0.15, -0.1) is 20.4 Å². The molecule has 16 heteroatoms. The monoisotopic (exact) mass is 882 g/mol. The number of hydrogen-bond acceptors (Lipinski definition) is 10. The van der Waals surface area contributed by atoms with Gasteiger partial charge in [-0.25, -0.2) is 9.97 Å². The number of nitrogens with one attached hydrogen (secondary N) is 2. The molecule has 9 heterocycles. The zero-order valence-corrected chi connectivity index (χ0v) is 35.7. The average Bonchev–Trinajstić information content (AvgIpc) is 4.24. The minimum atomic E-state index is 0.611. The summed E-state index contributed by atoms with van der Waals surface area (Å²) in [5.41, 5.74) is 14.3. The van der Waals surface area contributed by atoms with Crippen molar-refractivity contribution < 1.29 is 0 Å². The summed E-state index contributed by atoms with van der Waals surface area (Å²) in [5.74, 6) is 0. The summed E-state index contributed by atoms with van der Waals surface area (Å²) in [6.45, 7) is 0. The summed E-state index contributed by atoms with van der Waals surface area (Å²) in [7, 11) is 0. The van der Waals surface area contributed by atoms with Gasteiger partial charge in [0.25, 0.3) is 0 Å². The smallest absolute Gasteiger partial charge is 0.117 e. The lowest BCUT2D eigenvalue weighted by Gasteiger charge is -2.03. The molecule has 2 aliphatic rings. The molecule has 7 aromatic heterocycles. The number of hydrogen-bond donors (Lipinski definition) is 2. The quantitative estimate of drug-likeness (QED) is 0.149. The van der Waals surface area contributed by atoms with Gasteiger partial charge >= 0.3 is 0 Å². The van der Waals surface area contributed by atoms with E-state index in [4.69, 9.17) is 50.8 Å². The second-order valence-corrected chi connectivity index (χ2v) is 15.9. The molecule has 322 valence electrons. The maximum Gasteiger partial charge on any atom is 0.117 e. The molecule has 0 fully saturated rings. The lowest BCUT2D eigenvalue weighted by atomic mass is 10.1. The molecule has 0 saturated carbocycles. The largest absolute Gasteiger partial charge is 0.354 e. The van der Waals surface area contributed by atoms with Crippen molar-refractivity contribution in [2.45, 2.75) is 0 Å². The first kappa shape index (κ1) is 38.5. The van der Waals surface area contributed by atoms with Gasteiger partial charge in [-0.1, -0.05) is 72.8 Å². The van der Waals surface area contributed by atoms with Crippen molar-refractivity contribution in [3.05, 3.63) is 193 Å². The van der Waals surface area contributed by atoms with E-state index in [1.165, 1.54) is 0 Å². The molecule has 0 atom stereocenters. The Kier molecular flexibility index (Phi) is 9.02. The van der Waals surface area contributed by atoms with Crippen molar-refractivity contribution in [3.8, 4) is 67.8 Å². The third-order valence-corrected chi connectivity index (χ3v) is 11.7. The maximum atomic E-state index is 5.38. The van der Waals surface area contributed by atoms with E-state index >= 15 is 0 Å². The van der Waals surface area contributed by atoms with Gasteiger partial charge in [-0.2, -0.15) is 39.6 Å². The molecule has 0 spiro atoms. The normalized spacial score (nSPS) is 12.0. The molecule has 0 saturated heterocycles. The number of aromatic nitrogens is 16. The molecule has 4 aromatic carbocycles. The van der Waals surface area contributed by atoms with E-state index in [-0.39, 0.29) is 0 Å². The Morgan fingerprint density at radius 2 is 0.515 bits per heavy atom. The van der Waals surface area contributed by atoms with Crippen LogP contribution >= 0.6 is 0 Å². The fourth-order valence-corrected chi connectivity index (χ4v) is 8.54. The summed E-state index contributed by atoms with van der Waals surface area (Å²) in [6, 6.07) is 47.3. The topological polar surface area (TPSA) is 180 Å². The average molecular weight is 883 g/mol. The minimum absolute atomic E-state index is 0.611. The van der Waals surface area contributed by atoms with Crippen molar-refractivity contribution in [1.82, 2.24) is 79.9 Å². The number of H-pyrrole nitrogens is 2. The van der Waals surface area contributed by atoms with Gasteiger partial charge in [0, 0.05) is 0 Å². The van der Waals surface area contributed by atoms with Crippen LogP contribution in [0.5, 0.6) is 0 Å². The standard InChI is InChI=1S/C52H34N16/c1-5-13-33(14-6-1)65-53-29-45(61-65)49-37-21-23-39(57-37)50(46-30-54-66(62-46)34-15-7-2-8-16-34)41-25-27-43(59-41)52(48-32-56-68(64-48)36-19-11-4-12-20-36)44-28-26-42(60-44)51(40-24-22-38(49)58-40)47-31-55-67(63-47)35-17-9-3-10-18-35/h1-32,57,60H. The number of benzene rings is 4. The third kappa shape index (κ3) is 6.80. The lowest BCUT2D eigenvalue weighted by Crippen LogP contribution is -1.98. The zero-order valence-electron chi connectivity index (χ0n) is 35.7. The van der Waals surface area contributed by atoms with Crippen LogP contribution in [0.25, 0.3) is 114 Å². The summed E-state index contributed by atoms with van der Waals surface area (Å²) >= 11 is 0. The van der Waals surface area contributed by atoms with Crippen LogP contribution in [0.2, 0.25) is 0 Å². The van der Waals surface area contributed by atoms with E-state index in [0.29, 0.717) is 45.6 Å². The highest BCUT2D eigenvalue weighted by Gasteiger charge is 2.23. The Morgan fingerprint density at radius 3 is 0.750 bits per heavy atom. The molecule has 2 aliphatic heterocycles. The van der Waals surface area contributed by atoms with Gasteiger partial charge in [0.2, 0.25) is 0 Å². The zero-order chi connectivity index (χ0) is 45.0. The molecular weight excluding hydrogens is 849 g/mol. The number of nitrogens with zero attached hydrogens (tertiary/aromatic N) is 14. The van der Waals surface area contributed by atoms with E-state index in [2.05, 4.69) is 9.97 Å². The predicted molar refractivity (Wildman–Crippen MR) is 260 cm³/mol. The van der Waals surface area contributed by atoms with E-state index in [1.807, 2.05) is 170 Å². The maximum absolute atomic E-state index is 5.38. The Hall–Kier alpha value is -9.96. The molecule has 2 N–H and O–H groups in total. The van der Waals surface area contributed by atoms with Gasteiger partial charge in [-0.3, -0.25) is 0 Å². The number of aromatic amines is 2. The van der Waals surface area contributed by atoms with Gasteiger partial charge in [0.15, 0.2) is 0 Å². The Balaban J connectivity index is 1.12. The SMILES string of the molecule is C1=Cc2nc1c(-c1cnn(-c3ccccc3)n1)c1ccc([nH]1)c(-c1cnn(-c3ccccc3)n1)c1nc(c(-c3cnn(-c4ccccc4)n3)c3ccc([nH]3)c2-c2cnn(-c3ccccc3)n2)C=C1. The molecule has 0 aliphatic carbocycles. The molecule has 16 nitrogen and oxygen atoms in total. The molecular formula is C52H34N16. The summed E-state index contributed by atoms with van der Waals surface area (Å²) in [5, 5.41) is 38.9. The van der Waals surface area contributed by atoms with Gasteiger partial charge in [-0.05, 0) is 97.1 Å². The molecule has 8 bridgehead atoms. The Bertz CT molecular complexity index is 3410. The van der Waals surface area contributed by atoms with Crippen LogP contribution in [0.3, 0.4) is 0 Å². The lowest BCUT2D eigenvalue weighted by molar-refractivity contribution is 0.754. The van der Waals surface area contributed by atoms with E-state index in [1.54, 1.807) is 44.0 Å². The van der Waals surface area contributed by atoms with Crippen molar-refractivity contribution in [1.29, 1.82) is 0 Å². The van der Waals surface area contributed by atoms with Crippen molar-refractivity contribution in [2.75, 3.05) is 0 Å². The van der Waals surface area contributed by atoms with Gasteiger partial charge < -0.3 is 9.97 Å². The minimum Gasteiger partial charge on any atom is -0.354 e. The fourth-order valence-electron chi connectivity index (χ4n) is 8.54. The molecule has 68 heavy (non-hydrogen) atoms. The van der Waals surface area contributed by atoms with Crippen LogP contribution in [0, 0.1) is 0 Å². The van der Waals surface area contributed by atoms with Crippen LogP contribution in [0.4, 0.5) is 0 Å². The second kappa shape index (κ2) is 15.9. The van der Waals surface area contributed by atoms with Crippen LogP contribution in [-0.2, 0) is 0 Å². The van der Waals surface area contributed by atoms with Crippen molar-refractivity contribution in [3.63, 3.8) is 0 Å². The van der Waals surface area contributed by atoms with Crippen LogP contribution < -0.4 is 0 Å². The second-order valence-electron chi connectivity index (χ2n) is 15.9. The molecule has 0 unspecified atom stereocenters. The van der Waals surface area contributed by atoms with Crippen molar-refractivity contribution >= 4 is 46.4 Å². The van der Waals surface area contributed by atoms with E-state index in [9.17, 15) is 0 Å². The highest BCUT2D eigenvalue weighted by Crippen LogP contribution is 2.37. The molecule has 0 radical (unpaired) electrons. The summed E-state index contributed by atoms with van der Waals surface area (Å²) in [6.07, 6.45) is 15.0. The first-order valence-corrected chi connectivity index (χ1v) is 21.8. The fraction of sp³-hybridized carbons (Fsp3) is 0. The highest BCUT2D eigenvalue weighted by molar-refractivity contribution is 5.98. The van der Waals surface area contributed by atoms with Gasteiger partial charge in [0.1, 0.15) is 22.8 Å². The van der Waals surface area contributed by atoms with Crippen LogP contribution in [-0.4, -0.2) is 79.9 Å². The number of rotatable bonds is 8. The number of para-hydroxylation sites is 4. The summed E-state index contributed by atoms with van der Waals surface area (Å²) in [4.78, 5) is 24.7. The van der Waals surface area contributed by atoms with E-state index < -0.39 is 0 Å². The Labute approximate surface area is 385 Å². The van der Waals surface area contributed by atoms with Crippen LogP contribution in [0.15, 0.2) is 170 Å². The van der Waals surface area contributed by atoms with E-state index in [0.717, 1.165) is 67.1 Å². The van der Waals surface area contributed by atoms with Crippen molar-refractivity contribution in [2.24, 2.45) is 0 Å². The highest BCUT2D eigenvalue weighted by atomic mass is 15.5. The third-order valence-electron chi connectivity index (χ3n) is 11.7. The Morgan fingerprint density at radius 1 is 0.279 bits per heavy atom. The molecule has 11 aromatic rings. The first-order valence-electron chi connectivity index (χ1n) is 21.8. The summed E-state index contributed by atoms with van der Waals surface area (Å²) < 4.78 is 0. The molecule has 13 rings (SSSR count).